The molecule has 0 aliphatic rings. The molecule has 5 heteroatoms. The van der Waals surface area contributed by atoms with Crippen LogP contribution in [-0.4, -0.2) is 22.8 Å². The highest BCUT2D eigenvalue weighted by molar-refractivity contribution is 9.10. The first-order chi connectivity index (χ1) is 9.06. The van der Waals surface area contributed by atoms with Gasteiger partial charge in [-0.2, -0.15) is 0 Å². The minimum Gasteiger partial charge on any atom is -0.340 e. The summed E-state index contributed by atoms with van der Waals surface area (Å²) in [6.07, 6.45) is 2.09. The third-order valence-corrected chi connectivity index (χ3v) is 4.56. The maximum Gasteiger partial charge on any atom is 0.228 e. The van der Waals surface area contributed by atoms with Gasteiger partial charge in [0.05, 0.1) is 18.7 Å². The normalized spacial score (nSPS) is 10.5. The van der Waals surface area contributed by atoms with Gasteiger partial charge in [-0.15, -0.1) is 11.3 Å². The van der Waals surface area contributed by atoms with Crippen molar-refractivity contribution in [2.45, 2.75) is 19.9 Å². The molecule has 2 aromatic heterocycles. The standard InChI is InChI=1S/C14H15BrN2OS/c1-10-4-3-5-16-13(10)7-14(18)17(2)8-12-6-11(15)9-19-12/h3-6,9H,7-8H2,1-2H3. The summed E-state index contributed by atoms with van der Waals surface area (Å²) >= 11 is 5.07. The van der Waals surface area contributed by atoms with Crippen molar-refractivity contribution in [2.24, 2.45) is 0 Å². The van der Waals surface area contributed by atoms with Crippen molar-refractivity contribution in [1.29, 1.82) is 0 Å². The predicted octanol–water partition coefficient (Wildman–Crippen LogP) is 3.42. The lowest BCUT2D eigenvalue weighted by atomic mass is 10.1. The summed E-state index contributed by atoms with van der Waals surface area (Å²) < 4.78 is 1.06. The van der Waals surface area contributed by atoms with Crippen molar-refractivity contribution < 1.29 is 4.79 Å². The number of amides is 1. The van der Waals surface area contributed by atoms with Crippen molar-refractivity contribution in [1.82, 2.24) is 9.88 Å². The molecular weight excluding hydrogens is 324 g/mol. The number of pyridine rings is 1. The summed E-state index contributed by atoms with van der Waals surface area (Å²) in [7, 11) is 1.83. The summed E-state index contributed by atoms with van der Waals surface area (Å²) in [5, 5.41) is 2.02. The third kappa shape index (κ3) is 3.88. The quantitative estimate of drug-likeness (QED) is 0.855. The van der Waals surface area contributed by atoms with Crippen molar-refractivity contribution >= 4 is 33.2 Å². The molecule has 0 fully saturated rings. The van der Waals surface area contributed by atoms with Crippen LogP contribution in [0, 0.1) is 6.92 Å². The third-order valence-electron chi connectivity index (χ3n) is 2.88. The number of carbonyl (C=O) groups excluding carboxylic acids is 1. The number of aromatic nitrogens is 1. The van der Waals surface area contributed by atoms with E-state index in [4.69, 9.17) is 0 Å². The minimum absolute atomic E-state index is 0.0892. The van der Waals surface area contributed by atoms with E-state index in [-0.39, 0.29) is 5.91 Å². The summed E-state index contributed by atoms with van der Waals surface area (Å²) in [6, 6.07) is 5.91. The highest BCUT2D eigenvalue weighted by Gasteiger charge is 2.13. The van der Waals surface area contributed by atoms with Gasteiger partial charge in [-0.05, 0) is 40.5 Å². The highest BCUT2D eigenvalue weighted by atomic mass is 79.9. The fourth-order valence-electron chi connectivity index (χ4n) is 1.74. The summed E-state index contributed by atoms with van der Waals surface area (Å²) in [5.41, 5.74) is 1.91. The van der Waals surface area contributed by atoms with E-state index < -0.39 is 0 Å². The number of carbonyl (C=O) groups is 1. The Bertz CT molecular complexity index is 582. The topological polar surface area (TPSA) is 33.2 Å². The molecule has 0 saturated heterocycles. The monoisotopic (exact) mass is 338 g/mol. The Labute approximate surface area is 125 Å². The molecule has 100 valence electrons. The van der Waals surface area contributed by atoms with Crippen molar-refractivity contribution in [3.8, 4) is 0 Å². The van der Waals surface area contributed by atoms with Crippen LogP contribution in [0.1, 0.15) is 16.1 Å². The van der Waals surface area contributed by atoms with E-state index in [0.717, 1.165) is 15.7 Å². The number of aryl methyl sites for hydroxylation is 1. The predicted molar refractivity (Wildman–Crippen MR) is 81.2 cm³/mol. The lowest BCUT2D eigenvalue weighted by Crippen LogP contribution is -2.27. The lowest BCUT2D eigenvalue weighted by molar-refractivity contribution is -0.129. The molecular formula is C14H15BrN2OS. The van der Waals surface area contributed by atoms with E-state index in [9.17, 15) is 4.79 Å². The minimum atomic E-state index is 0.0892. The van der Waals surface area contributed by atoms with Gasteiger partial charge >= 0.3 is 0 Å². The second kappa shape index (κ2) is 6.30. The summed E-state index contributed by atoms with van der Waals surface area (Å²) in [4.78, 5) is 19.3. The number of rotatable bonds is 4. The Balaban J connectivity index is 1.98. The van der Waals surface area contributed by atoms with Gasteiger partial charge in [0.15, 0.2) is 0 Å². The largest absolute Gasteiger partial charge is 0.340 e. The molecule has 0 aliphatic heterocycles. The van der Waals surface area contributed by atoms with Crippen LogP contribution in [-0.2, 0) is 17.8 Å². The van der Waals surface area contributed by atoms with Gasteiger partial charge < -0.3 is 4.90 Å². The van der Waals surface area contributed by atoms with Gasteiger partial charge in [0.25, 0.3) is 0 Å². The fraction of sp³-hybridized carbons (Fsp3) is 0.286. The number of hydrogen-bond donors (Lipinski definition) is 0. The Hall–Kier alpha value is -1.20. The number of likely N-dealkylation sites (N-methyl/N-ethyl adjacent to an activating group) is 1. The molecule has 0 aliphatic carbocycles. The summed E-state index contributed by atoms with van der Waals surface area (Å²) in [6.45, 7) is 2.62. The zero-order chi connectivity index (χ0) is 13.8. The molecule has 0 saturated carbocycles. The van der Waals surface area contributed by atoms with Gasteiger partial charge in [-0.1, -0.05) is 6.07 Å². The zero-order valence-electron chi connectivity index (χ0n) is 10.9. The van der Waals surface area contributed by atoms with Crippen molar-refractivity contribution in [3.05, 3.63) is 50.4 Å². The van der Waals surface area contributed by atoms with E-state index in [1.807, 2.05) is 37.6 Å². The van der Waals surface area contributed by atoms with E-state index in [0.29, 0.717) is 13.0 Å². The fourth-order valence-corrected chi connectivity index (χ4v) is 3.24. The van der Waals surface area contributed by atoms with Gasteiger partial charge in [0.2, 0.25) is 5.91 Å². The molecule has 0 aromatic carbocycles. The van der Waals surface area contributed by atoms with Gasteiger partial charge in [-0.25, -0.2) is 0 Å². The van der Waals surface area contributed by atoms with E-state index in [2.05, 4.69) is 20.9 Å². The average molecular weight is 339 g/mol. The second-order valence-corrected chi connectivity index (χ2v) is 6.34. The zero-order valence-corrected chi connectivity index (χ0v) is 13.3. The van der Waals surface area contributed by atoms with Crippen LogP contribution >= 0.6 is 27.3 Å². The summed E-state index contributed by atoms with van der Waals surface area (Å²) in [5.74, 6) is 0.0892. The number of thiophene rings is 1. The number of nitrogens with zero attached hydrogens (tertiary/aromatic N) is 2. The Kier molecular flexibility index (Phi) is 4.71. The molecule has 19 heavy (non-hydrogen) atoms. The van der Waals surface area contributed by atoms with Crippen LogP contribution in [0.25, 0.3) is 0 Å². The van der Waals surface area contributed by atoms with E-state index in [1.54, 1.807) is 22.4 Å². The molecule has 2 rings (SSSR count). The molecule has 0 spiro atoms. The van der Waals surface area contributed by atoms with Crippen molar-refractivity contribution in [2.75, 3.05) is 7.05 Å². The maximum absolute atomic E-state index is 12.2. The molecule has 1 amide bonds. The molecule has 0 bridgehead atoms. The number of halogens is 1. The van der Waals surface area contributed by atoms with Crippen LogP contribution in [0.4, 0.5) is 0 Å². The molecule has 0 atom stereocenters. The molecule has 0 radical (unpaired) electrons. The van der Waals surface area contributed by atoms with Crippen LogP contribution in [0.5, 0.6) is 0 Å². The van der Waals surface area contributed by atoms with Crippen LogP contribution in [0.2, 0.25) is 0 Å². The molecule has 2 aromatic rings. The van der Waals surface area contributed by atoms with Crippen LogP contribution in [0.3, 0.4) is 0 Å². The second-order valence-electron chi connectivity index (χ2n) is 4.42. The first-order valence-electron chi connectivity index (χ1n) is 5.93. The first-order valence-corrected chi connectivity index (χ1v) is 7.61. The van der Waals surface area contributed by atoms with Gasteiger partial charge in [0, 0.05) is 28.0 Å². The first kappa shape index (κ1) is 14.2. The molecule has 2 heterocycles. The average Bonchev–Trinajstić information content (AvgIpc) is 2.77. The molecule has 3 nitrogen and oxygen atoms in total. The maximum atomic E-state index is 12.2. The SMILES string of the molecule is Cc1cccnc1CC(=O)N(C)Cc1cc(Br)cs1. The Morgan fingerprint density at radius 2 is 2.32 bits per heavy atom. The number of hydrogen-bond acceptors (Lipinski definition) is 3. The molecule has 0 unspecified atom stereocenters. The van der Waals surface area contributed by atoms with E-state index >= 15 is 0 Å². The smallest absolute Gasteiger partial charge is 0.228 e. The molecule has 0 N–H and O–H groups in total. The Morgan fingerprint density at radius 3 is 2.95 bits per heavy atom. The van der Waals surface area contributed by atoms with Crippen LogP contribution in [0.15, 0.2) is 34.2 Å². The Morgan fingerprint density at radius 1 is 1.53 bits per heavy atom. The van der Waals surface area contributed by atoms with Gasteiger partial charge in [0.1, 0.15) is 0 Å². The highest BCUT2D eigenvalue weighted by Crippen LogP contribution is 2.21. The van der Waals surface area contributed by atoms with Gasteiger partial charge in [-0.3, -0.25) is 9.78 Å². The van der Waals surface area contributed by atoms with Crippen molar-refractivity contribution in [3.63, 3.8) is 0 Å². The van der Waals surface area contributed by atoms with E-state index in [1.165, 1.54) is 4.88 Å². The van der Waals surface area contributed by atoms with Crippen LogP contribution < -0.4 is 0 Å². The lowest BCUT2D eigenvalue weighted by Gasteiger charge is -2.16.